The van der Waals surface area contributed by atoms with E-state index >= 15 is 0 Å². The summed E-state index contributed by atoms with van der Waals surface area (Å²) in [6.45, 7) is 0. The number of thiophene rings is 1. The lowest BCUT2D eigenvalue weighted by Gasteiger charge is -2.03. The van der Waals surface area contributed by atoms with E-state index in [0.29, 0.717) is 5.15 Å². The SMILES string of the molecule is Clc1nc(Cl)c2sc3c(c2n1)CCC=C3. The van der Waals surface area contributed by atoms with E-state index in [9.17, 15) is 0 Å². The zero-order valence-electron chi connectivity index (χ0n) is 7.63. The first-order valence-electron chi connectivity index (χ1n) is 4.56. The van der Waals surface area contributed by atoms with E-state index in [4.69, 9.17) is 23.2 Å². The highest BCUT2D eigenvalue weighted by molar-refractivity contribution is 7.20. The highest BCUT2D eigenvalue weighted by atomic mass is 35.5. The lowest BCUT2D eigenvalue weighted by atomic mass is 10.0. The molecule has 0 spiro atoms. The third kappa shape index (κ3) is 1.46. The molecule has 0 amide bonds. The van der Waals surface area contributed by atoms with Crippen LogP contribution in [-0.4, -0.2) is 9.97 Å². The van der Waals surface area contributed by atoms with E-state index in [1.807, 2.05) is 0 Å². The van der Waals surface area contributed by atoms with E-state index in [-0.39, 0.29) is 5.28 Å². The first-order chi connectivity index (χ1) is 7.25. The van der Waals surface area contributed by atoms with Crippen LogP contribution < -0.4 is 0 Å². The van der Waals surface area contributed by atoms with Crippen LogP contribution in [0, 0.1) is 0 Å². The molecule has 2 aromatic rings. The molecular weight excluding hydrogens is 251 g/mol. The van der Waals surface area contributed by atoms with Gasteiger partial charge in [0, 0.05) is 4.88 Å². The van der Waals surface area contributed by atoms with Crippen molar-refractivity contribution in [3.05, 3.63) is 27.0 Å². The fourth-order valence-electron chi connectivity index (χ4n) is 1.77. The van der Waals surface area contributed by atoms with Crippen molar-refractivity contribution in [1.82, 2.24) is 9.97 Å². The van der Waals surface area contributed by atoms with Gasteiger partial charge in [0.05, 0.1) is 10.2 Å². The van der Waals surface area contributed by atoms with Gasteiger partial charge in [-0.05, 0) is 36.1 Å². The summed E-state index contributed by atoms with van der Waals surface area (Å²) < 4.78 is 0.942. The molecule has 5 heteroatoms. The second-order valence-corrected chi connectivity index (χ2v) is 5.10. The molecule has 0 aromatic carbocycles. The minimum atomic E-state index is 0.225. The Balaban J connectivity index is 2.42. The average molecular weight is 257 g/mol. The Morgan fingerprint density at radius 1 is 1.27 bits per heavy atom. The lowest BCUT2D eigenvalue weighted by molar-refractivity contribution is 0.999. The Morgan fingerprint density at radius 2 is 2.13 bits per heavy atom. The summed E-state index contributed by atoms with van der Waals surface area (Å²) in [5.41, 5.74) is 2.17. The van der Waals surface area contributed by atoms with Crippen molar-refractivity contribution in [2.24, 2.45) is 0 Å². The van der Waals surface area contributed by atoms with Crippen LogP contribution in [0.25, 0.3) is 16.3 Å². The molecule has 0 fully saturated rings. The molecule has 0 unspecified atom stereocenters. The monoisotopic (exact) mass is 256 g/mol. The fourth-order valence-corrected chi connectivity index (χ4v) is 3.37. The molecule has 3 rings (SSSR count). The Hall–Kier alpha value is -0.640. The molecule has 2 heterocycles. The molecular formula is C10H6Cl2N2S. The van der Waals surface area contributed by atoms with Crippen LogP contribution in [0.2, 0.25) is 10.4 Å². The third-order valence-electron chi connectivity index (χ3n) is 2.42. The fraction of sp³-hybridized carbons (Fsp3) is 0.200. The van der Waals surface area contributed by atoms with Crippen molar-refractivity contribution in [2.75, 3.05) is 0 Å². The number of aromatic nitrogens is 2. The smallest absolute Gasteiger partial charge is 0.217 e. The van der Waals surface area contributed by atoms with Crippen LogP contribution in [0.3, 0.4) is 0 Å². The van der Waals surface area contributed by atoms with Gasteiger partial charge in [-0.25, -0.2) is 9.97 Å². The topological polar surface area (TPSA) is 25.8 Å². The molecule has 76 valence electrons. The van der Waals surface area contributed by atoms with Crippen molar-refractivity contribution >= 4 is 50.8 Å². The van der Waals surface area contributed by atoms with Crippen molar-refractivity contribution in [1.29, 1.82) is 0 Å². The molecule has 1 aliphatic carbocycles. The number of hydrogen-bond acceptors (Lipinski definition) is 3. The molecule has 0 radical (unpaired) electrons. The van der Waals surface area contributed by atoms with Gasteiger partial charge in [0.15, 0.2) is 5.15 Å². The number of rotatable bonds is 0. The molecule has 0 aliphatic heterocycles. The number of halogens is 2. The molecule has 1 aliphatic rings. The first-order valence-corrected chi connectivity index (χ1v) is 6.14. The van der Waals surface area contributed by atoms with E-state index in [0.717, 1.165) is 23.1 Å². The zero-order chi connectivity index (χ0) is 10.4. The summed E-state index contributed by atoms with van der Waals surface area (Å²) in [4.78, 5) is 9.44. The van der Waals surface area contributed by atoms with Crippen molar-refractivity contribution in [2.45, 2.75) is 12.8 Å². The summed E-state index contributed by atoms with van der Waals surface area (Å²) in [6.07, 6.45) is 6.35. The maximum Gasteiger partial charge on any atom is 0.224 e. The van der Waals surface area contributed by atoms with E-state index in [1.165, 1.54) is 10.4 Å². The summed E-state index contributed by atoms with van der Waals surface area (Å²) in [6, 6.07) is 0. The number of fused-ring (bicyclic) bond motifs is 3. The molecule has 0 saturated carbocycles. The van der Waals surface area contributed by atoms with Gasteiger partial charge in [0.1, 0.15) is 0 Å². The maximum atomic E-state index is 6.03. The third-order valence-corrected chi connectivity index (χ3v) is 4.17. The number of aryl methyl sites for hydroxylation is 1. The number of hydrogen-bond donors (Lipinski definition) is 0. The maximum absolute atomic E-state index is 6.03. The molecule has 0 saturated heterocycles. The number of nitrogens with zero attached hydrogens (tertiary/aromatic N) is 2. The molecule has 2 aromatic heterocycles. The van der Waals surface area contributed by atoms with Gasteiger partial charge in [0.25, 0.3) is 0 Å². The van der Waals surface area contributed by atoms with Gasteiger partial charge in [-0.3, -0.25) is 0 Å². The van der Waals surface area contributed by atoms with Crippen molar-refractivity contribution < 1.29 is 0 Å². The van der Waals surface area contributed by atoms with Crippen LogP contribution in [0.5, 0.6) is 0 Å². The largest absolute Gasteiger partial charge is 0.224 e. The Bertz CT molecular complexity index is 574. The van der Waals surface area contributed by atoms with Crippen LogP contribution in [0.4, 0.5) is 0 Å². The highest BCUT2D eigenvalue weighted by Crippen LogP contribution is 2.37. The summed E-state index contributed by atoms with van der Waals surface area (Å²) in [7, 11) is 0. The van der Waals surface area contributed by atoms with Gasteiger partial charge in [0.2, 0.25) is 5.28 Å². The van der Waals surface area contributed by atoms with Crippen molar-refractivity contribution in [3.8, 4) is 0 Å². The zero-order valence-corrected chi connectivity index (χ0v) is 9.96. The summed E-state index contributed by atoms with van der Waals surface area (Å²) in [5, 5.41) is 0.681. The van der Waals surface area contributed by atoms with E-state index < -0.39 is 0 Å². The molecule has 0 atom stereocenters. The minimum absolute atomic E-state index is 0.225. The van der Waals surface area contributed by atoms with E-state index in [1.54, 1.807) is 11.3 Å². The predicted octanol–water partition coefficient (Wildman–Crippen LogP) is 3.96. The van der Waals surface area contributed by atoms with Gasteiger partial charge >= 0.3 is 0 Å². The van der Waals surface area contributed by atoms with Crippen LogP contribution >= 0.6 is 34.5 Å². The van der Waals surface area contributed by atoms with Crippen LogP contribution in [0.15, 0.2) is 6.08 Å². The lowest BCUT2D eigenvalue weighted by Crippen LogP contribution is -1.91. The van der Waals surface area contributed by atoms with Crippen LogP contribution in [0.1, 0.15) is 16.9 Å². The minimum Gasteiger partial charge on any atom is -0.217 e. The van der Waals surface area contributed by atoms with Crippen molar-refractivity contribution in [3.63, 3.8) is 0 Å². The normalized spacial score (nSPS) is 14.5. The molecule has 2 nitrogen and oxygen atoms in total. The quantitative estimate of drug-likeness (QED) is 0.527. The van der Waals surface area contributed by atoms with Crippen LogP contribution in [-0.2, 0) is 6.42 Å². The second kappa shape index (κ2) is 3.44. The number of allylic oxidation sites excluding steroid dienone is 1. The van der Waals surface area contributed by atoms with Gasteiger partial charge in [-0.15, -0.1) is 11.3 Å². The standard InChI is InChI=1S/C10H6Cl2N2S/c11-9-8-7(13-10(12)14-9)5-3-1-2-4-6(5)15-8/h2,4H,1,3H2. The van der Waals surface area contributed by atoms with Gasteiger partial charge < -0.3 is 0 Å². The summed E-state index contributed by atoms with van der Waals surface area (Å²) >= 11 is 13.5. The summed E-state index contributed by atoms with van der Waals surface area (Å²) in [5.74, 6) is 0. The highest BCUT2D eigenvalue weighted by Gasteiger charge is 2.17. The van der Waals surface area contributed by atoms with Gasteiger partial charge in [-0.1, -0.05) is 17.7 Å². The van der Waals surface area contributed by atoms with E-state index in [2.05, 4.69) is 22.1 Å². The molecule has 0 bridgehead atoms. The Morgan fingerprint density at radius 3 is 3.00 bits per heavy atom. The molecule has 15 heavy (non-hydrogen) atoms. The Labute approximate surface area is 101 Å². The predicted molar refractivity (Wildman–Crippen MR) is 64.8 cm³/mol. The average Bonchev–Trinajstić information content (AvgIpc) is 2.57. The second-order valence-electron chi connectivity index (χ2n) is 3.35. The van der Waals surface area contributed by atoms with Gasteiger partial charge in [-0.2, -0.15) is 0 Å². The molecule has 0 N–H and O–H groups in total. The first kappa shape index (κ1) is 9.58. The Kier molecular flexibility index (Phi) is 2.20.